The second-order valence-electron chi connectivity index (χ2n) is 6.64. The predicted octanol–water partition coefficient (Wildman–Crippen LogP) is 3.26. The summed E-state index contributed by atoms with van der Waals surface area (Å²) in [6.45, 7) is 2.09. The van der Waals surface area contributed by atoms with Gasteiger partial charge < -0.3 is 10.2 Å². The Bertz CT molecular complexity index is 799. The van der Waals surface area contributed by atoms with Crippen molar-refractivity contribution >= 4 is 22.4 Å². The van der Waals surface area contributed by atoms with Crippen molar-refractivity contribution < 1.29 is 12.8 Å². The summed E-state index contributed by atoms with van der Waals surface area (Å²) in [4.78, 5) is 4.49. The molecular weight excluding hydrogens is 374 g/mol. The van der Waals surface area contributed by atoms with E-state index in [9.17, 15) is 8.42 Å². The molecule has 1 saturated carbocycles. The molecule has 3 N–H and O–H groups in total. The van der Waals surface area contributed by atoms with Crippen molar-refractivity contribution in [1.29, 1.82) is 0 Å². The molecule has 8 heteroatoms. The normalized spacial score (nSPS) is 16.8. The fraction of sp³-hybridized carbons (Fsp3) is 0.500. The molecular formula is C18H26ClN3O3S. The van der Waals surface area contributed by atoms with Crippen molar-refractivity contribution in [3.05, 3.63) is 36.4 Å². The van der Waals surface area contributed by atoms with Crippen LogP contribution in [0.4, 0.5) is 0 Å². The molecule has 6 nitrogen and oxygen atoms in total. The molecule has 1 atom stereocenters. The van der Waals surface area contributed by atoms with Gasteiger partial charge in [-0.1, -0.05) is 31.4 Å². The summed E-state index contributed by atoms with van der Waals surface area (Å²) >= 11 is 0. The van der Waals surface area contributed by atoms with Crippen LogP contribution >= 0.6 is 12.4 Å². The van der Waals surface area contributed by atoms with Crippen LogP contribution < -0.4 is 10.5 Å². The van der Waals surface area contributed by atoms with Gasteiger partial charge in [-0.25, -0.2) is 18.1 Å². The third kappa shape index (κ3) is 4.85. The van der Waals surface area contributed by atoms with Crippen molar-refractivity contribution in [2.45, 2.75) is 50.0 Å². The Hall–Kier alpha value is -1.41. The first-order valence-corrected chi connectivity index (χ1v) is 10.2. The number of aryl methyl sites for hydroxylation is 1. The summed E-state index contributed by atoms with van der Waals surface area (Å²) in [5.74, 6) is 0.900. The van der Waals surface area contributed by atoms with E-state index < -0.39 is 10.0 Å². The van der Waals surface area contributed by atoms with Gasteiger partial charge in [-0.05, 0) is 30.9 Å². The lowest BCUT2D eigenvalue weighted by Crippen LogP contribution is -2.45. The lowest BCUT2D eigenvalue weighted by atomic mass is 9.84. The van der Waals surface area contributed by atoms with Crippen LogP contribution in [-0.4, -0.2) is 26.0 Å². The van der Waals surface area contributed by atoms with Crippen LogP contribution in [0.5, 0.6) is 0 Å². The van der Waals surface area contributed by atoms with E-state index in [2.05, 4.69) is 9.71 Å². The number of hydrogen-bond acceptors (Lipinski definition) is 5. The van der Waals surface area contributed by atoms with Gasteiger partial charge in [-0.3, -0.25) is 0 Å². The van der Waals surface area contributed by atoms with Gasteiger partial charge in [-0.15, -0.1) is 12.4 Å². The standard InChI is InChI=1S/C18H25N3O3S.ClH/c1-13-20-18(12-24-13)15-7-9-16(10-8-15)25(22,23)21-17(11-19)14-5-3-2-4-6-14;/h7-10,12,14,17,21H,2-6,11,19H2,1H3;1H. The molecule has 1 unspecified atom stereocenters. The molecule has 0 bridgehead atoms. The molecule has 1 aliphatic rings. The quantitative estimate of drug-likeness (QED) is 0.776. The molecule has 26 heavy (non-hydrogen) atoms. The van der Waals surface area contributed by atoms with E-state index >= 15 is 0 Å². The first kappa shape index (κ1) is 20.9. The largest absolute Gasteiger partial charge is 0.449 e. The molecule has 2 aromatic rings. The number of sulfonamides is 1. The Labute approximate surface area is 161 Å². The first-order valence-electron chi connectivity index (χ1n) is 8.74. The van der Waals surface area contributed by atoms with Gasteiger partial charge in [-0.2, -0.15) is 0 Å². The maximum atomic E-state index is 12.7. The predicted molar refractivity (Wildman–Crippen MR) is 104 cm³/mol. The number of oxazole rings is 1. The summed E-state index contributed by atoms with van der Waals surface area (Å²) in [5.41, 5.74) is 7.35. The van der Waals surface area contributed by atoms with Gasteiger partial charge in [0, 0.05) is 25.1 Å². The zero-order valence-electron chi connectivity index (χ0n) is 14.8. The van der Waals surface area contributed by atoms with E-state index in [1.165, 1.54) is 6.42 Å². The van der Waals surface area contributed by atoms with Crippen LogP contribution in [0.3, 0.4) is 0 Å². The molecule has 1 heterocycles. The Morgan fingerprint density at radius 3 is 2.42 bits per heavy atom. The van der Waals surface area contributed by atoms with Crippen molar-refractivity contribution in [2.24, 2.45) is 11.7 Å². The van der Waals surface area contributed by atoms with Crippen LogP contribution in [0.25, 0.3) is 11.3 Å². The fourth-order valence-electron chi connectivity index (χ4n) is 3.44. The van der Waals surface area contributed by atoms with Crippen molar-refractivity contribution in [3.8, 4) is 11.3 Å². The van der Waals surface area contributed by atoms with Crippen LogP contribution in [0.15, 0.2) is 39.8 Å². The highest BCUT2D eigenvalue weighted by Gasteiger charge is 2.27. The zero-order valence-corrected chi connectivity index (χ0v) is 16.5. The minimum Gasteiger partial charge on any atom is -0.449 e. The molecule has 0 saturated heterocycles. The van der Waals surface area contributed by atoms with Crippen molar-refractivity contribution in [1.82, 2.24) is 9.71 Å². The van der Waals surface area contributed by atoms with Crippen LogP contribution in [0.1, 0.15) is 38.0 Å². The number of nitrogens with one attached hydrogen (secondary N) is 1. The lowest BCUT2D eigenvalue weighted by molar-refractivity contribution is 0.294. The minimum absolute atomic E-state index is 0. The van der Waals surface area contributed by atoms with Gasteiger partial charge in [0.05, 0.1) is 4.90 Å². The molecule has 1 aliphatic carbocycles. The Morgan fingerprint density at radius 2 is 1.88 bits per heavy atom. The highest BCUT2D eigenvalue weighted by Crippen LogP contribution is 2.27. The Morgan fingerprint density at radius 1 is 1.23 bits per heavy atom. The molecule has 1 fully saturated rings. The SMILES string of the molecule is Cc1nc(-c2ccc(S(=O)(=O)NC(CN)C3CCCCC3)cc2)co1.Cl. The van der Waals surface area contributed by atoms with Crippen LogP contribution in [-0.2, 0) is 10.0 Å². The average molecular weight is 400 g/mol. The Balaban J connectivity index is 0.00000243. The van der Waals surface area contributed by atoms with Gasteiger partial charge in [0.25, 0.3) is 0 Å². The fourth-order valence-corrected chi connectivity index (χ4v) is 4.76. The molecule has 0 radical (unpaired) electrons. The maximum Gasteiger partial charge on any atom is 0.240 e. The number of halogens is 1. The maximum absolute atomic E-state index is 12.7. The summed E-state index contributed by atoms with van der Waals surface area (Å²) in [7, 11) is -3.59. The van der Waals surface area contributed by atoms with Crippen LogP contribution in [0.2, 0.25) is 0 Å². The molecule has 144 valence electrons. The minimum atomic E-state index is -3.59. The second kappa shape index (κ2) is 8.99. The van der Waals surface area contributed by atoms with Gasteiger partial charge in [0.1, 0.15) is 12.0 Å². The van der Waals surface area contributed by atoms with E-state index in [4.69, 9.17) is 10.2 Å². The van der Waals surface area contributed by atoms with E-state index in [-0.39, 0.29) is 23.3 Å². The van der Waals surface area contributed by atoms with Crippen molar-refractivity contribution in [3.63, 3.8) is 0 Å². The van der Waals surface area contributed by atoms with Crippen LogP contribution in [0, 0.1) is 12.8 Å². The highest BCUT2D eigenvalue weighted by molar-refractivity contribution is 7.89. The van der Waals surface area contributed by atoms with Gasteiger partial charge in [0.15, 0.2) is 5.89 Å². The lowest BCUT2D eigenvalue weighted by Gasteiger charge is -2.29. The molecule has 1 aromatic carbocycles. The molecule has 0 spiro atoms. The Kier molecular flexibility index (Phi) is 7.23. The summed E-state index contributed by atoms with van der Waals surface area (Å²) in [5, 5.41) is 0. The van der Waals surface area contributed by atoms with E-state index in [1.807, 2.05) is 0 Å². The zero-order chi connectivity index (χ0) is 17.9. The molecule has 0 aliphatic heterocycles. The third-order valence-corrected chi connectivity index (χ3v) is 6.36. The number of nitrogens with two attached hydrogens (primary N) is 1. The number of benzene rings is 1. The smallest absolute Gasteiger partial charge is 0.240 e. The highest BCUT2D eigenvalue weighted by atomic mass is 35.5. The van der Waals surface area contributed by atoms with Crippen molar-refractivity contribution in [2.75, 3.05) is 6.54 Å². The third-order valence-electron chi connectivity index (χ3n) is 4.86. The summed E-state index contributed by atoms with van der Waals surface area (Å²) < 4.78 is 33.4. The molecule has 3 rings (SSSR count). The average Bonchev–Trinajstić information content (AvgIpc) is 3.07. The molecule has 1 aromatic heterocycles. The summed E-state index contributed by atoms with van der Waals surface area (Å²) in [6, 6.07) is 6.46. The monoisotopic (exact) mass is 399 g/mol. The number of aromatic nitrogens is 1. The molecule has 0 amide bonds. The first-order chi connectivity index (χ1) is 12.0. The number of nitrogens with zero attached hydrogens (tertiary/aromatic N) is 1. The van der Waals surface area contributed by atoms with Gasteiger partial charge >= 0.3 is 0 Å². The summed E-state index contributed by atoms with van der Waals surface area (Å²) in [6.07, 6.45) is 7.15. The topological polar surface area (TPSA) is 98.2 Å². The van der Waals surface area contributed by atoms with Gasteiger partial charge in [0.2, 0.25) is 10.0 Å². The van der Waals surface area contributed by atoms with E-state index in [0.29, 0.717) is 24.0 Å². The number of hydrogen-bond donors (Lipinski definition) is 2. The van der Waals surface area contributed by atoms with E-state index in [1.54, 1.807) is 37.5 Å². The second-order valence-corrected chi connectivity index (χ2v) is 8.35. The van der Waals surface area contributed by atoms with E-state index in [0.717, 1.165) is 31.2 Å². The number of rotatable bonds is 6.